The molecule has 0 spiro atoms. The van der Waals surface area contributed by atoms with Crippen molar-refractivity contribution in [3.8, 4) is 28.3 Å². The van der Waals surface area contributed by atoms with Gasteiger partial charge in [0.1, 0.15) is 9.90 Å². The number of aromatic nitrogens is 3. The molecule has 0 saturated heterocycles. The highest BCUT2D eigenvalue weighted by molar-refractivity contribution is 7.86. The Morgan fingerprint density at radius 2 is 1.55 bits per heavy atom. The molecule has 0 unspecified atom stereocenters. The fraction of sp³-hybridized carbons (Fsp3) is 0.0556. The van der Waals surface area contributed by atoms with E-state index in [-0.39, 0.29) is 4.90 Å². The maximum atomic E-state index is 11.8. The van der Waals surface area contributed by atoms with Crippen molar-refractivity contribution in [2.45, 2.75) is 11.8 Å². The highest BCUT2D eigenvalue weighted by Crippen LogP contribution is 2.37. The monoisotopic (exact) mass is 459 g/mol. The topological polar surface area (TPSA) is 178 Å². The second-order valence-corrected chi connectivity index (χ2v) is 8.68. The van der Waals surface area contributed by atoms with Crippen LogP contribution in [0.5, 0.6) is 17.8 Å². The highest BCUT2D eigenvalue weighted by Gasteiger charge is 2.20. The Labute approximate surface area is 178 Å². The lowest BCUT2D eigenvalue weighted by molar-refractivity contribution is 0.373. The van der Waals surface area contributed by atoms with Gasteiger partial charge in [-0.15, -0.1) is 16.5 Å². The summed E-state index contributed by atoms with van der Waals surface area (Å²) in [6, 6.07) is 9.00. The van der Waals surface area contributed by atoms with Crippen molar-refractivity contribution in [3.63, 3.8) is 0 Å². The minimum Gasteiger partial charge on any atom is -0.491 e. The number of aromatic hydroxyl groups is 3. The summed E-state index contributed by atoms with van der Waals surface area (Å²) in [4.78, 5) is 10.8. The fourth-order valence-corrected chi connectivity index (χ4v) is 5.12. The average Bonchev–Trinajstić information content (AvgIpc) is 3.10. The van der Waals surface area contributed by atoms with Crippen LogP contribution in [0.15, 0.2) is 51.5 Å². The normalized spacial score (nSPS) is 12.1. The SMILES string of the molecule is Cc1ccc2nc(-c3ccc(/N=N/c4c(O)nc(O)nc4O)cc3)sc2c1S(=O)(=O)O. The Balaban J connectivity index is 1.67. The molecule has 0 aliphatic rings. The molecule has 4 aromatic rings. The van der Waals surface area contributed by atoms with Crippen LogP contribution in [0, 0.1) is 6.92 Å². The Hall–Kier alpha value is -3.68. The Morgan fingerprint density at radius 1 is 0.903 bits per heavy atom. The maximum absolute atomic E-state index is 11.8. The van der Waals surface area contributed by atoms with E-state index in [4.69, 9.17) is 5.11 Å². The molecule has 2 aromatic heterocycles. The van der Waals surface area contributed by atoms with Crippen molar-refractivity contribution in [1.29, 1.82) is 0 Å². The average molecular weight is 459 g/mol. The van der Waals surface area contributed by atoms with Gasteiger partial charge in [-0.3, -0.25) is 4.55 Å². The van der Waals surface area contributed by atoms with Crippen LogP contribution in [0.25, 0.3) is 20.8 Å². The summed E-state index contributed by atoms with van der Waals surface area (Å²) >= 11 is 1.13. The minimum absolute atomic E-state index is 0.157. The summed E-state index contributed by atoms with van der Waals surface area (Å²) in [5.41, 5.74) is 1.51. The summed E-state index contributed by atoms with van der Waals surface area (Å²) in [6.07, 6.45) is 0. The number of hydrogen-bond acceptors (Lipinski definition) is 11. The van der Waals surface area contributed by atoms with E-state index < -0.39 is 33.6 Å². The standard InChI is InChI=1S/C18H13N5O6S2/c1-8-2-7-11-13(14(8)31(27,28)29)30-17(19-11)9-3-5-10(6-4-9)22-23-12-15(24)20-18(26)21-16(12)25/h2-7H,1H3,(H,27,28,29)(H3,20,21,24,25,26)/b23-22+. The molecule has 0 radical (unpaired) electrons. The number of azo groups is 1. The van der Waals surface area contributed by atoms with Gasteiger partial charge in [0.25, 0.3) is 10.1 Å². The van der Waals surface area contributed by atoms with Crippen LogP contribution < -0.4 is 0 Å². The molecule has 0 fully saturated rings. The predicted molar refractivity (Wildman–Crippen MR) is 111 cm³/mol. The van der Waals surface area contributed by atoms with E-state index in [0.717, 1.165) is 11.3 Å². The zero-order chi connectivity index (χ0) is 22.3. The summed E-state index contributed by atoms with van der Waals surface area (Å²) in [5, 5.41) is 36.4. The molecule has 13 heteroatoms. The van der Waals surface area contributed by atoms with Crippen LogP contribution in [0.1, 0.15) is 5.56 Å². The number of hydrogen-bond donors (Lipinski definition) is 4. The molecular weight excluding hydrogens is 446 g/mol. The molecule has 2 aromatic carbocycles. The first-order valence-electron chi connectivity index (χ1n) is 8.52. The van der Waals surface area contributed by atoms with Crippen molar-refractivity contribution < 1.29 is 28.3 Å². The van der Waals surface area contributed by atoms with Crippen LogP contribution in [0.3, 0.4) is 0 Å². The summed E-state index contributed by atoms with van der Waals surface area (Å²) in [7, 11) is -4.40. The first-order chi connectivity index (χ1) is 14.6. The number of fused-ring (bicyclic) bond motifs is 1. The maximum Gasteiger partial charge on any atom is 0.320 e. The number of benzene rings is 2. The van der Waals surface area contributed by atoms with Crippen LogP contribution in [0.4, 0.5) is 11.4 Å². The van der Waals surface area contributed by atoms with Crippen molar-refractivity contribution in [1.82, 2.24) is 15.0 Å². The Morgan fingerprint density at radius 3 is 2.16 bits per heavy atom. The van der Waals surface area contributed by atoms with Crippen molar-refractivity contribution in [2.75, 3.05) is 0 Å². The van der Waals surface area contributed by atoms with Gasteiger partial charge in [-0.05, 0) is 42.8 Å². The molecule has 0 bridgehead atoms. The lowest BCUT2D eigenvalue weighted by atomic mass is 10.2. The zero-order valence-electron chi connectivity index (χ0n) is 15.6. The third kappa shape index (κ3) is 4.01. The molecule has 0 atom stereocenters. The third-order valence-electron chi connectivity index (χ3n) is 4.18. The first-order valence-corrected chi connectivity index (χ1v) is 10.8. The van der Waals surface area contributed by atoms with E-state index in [1.54, 1.807) is 43.3 Å². The number of nitrogens with zero attached hydrogens (tertiary/aromatic N) is 5. The lowest BCUT2D eigenvalue weighted by Gasteiger charge is -2.02. The molecule has 4 rings (SSSR count). The van der Waals surface area contributed by atoms with Crippen LogP contribution in [-0.2, 0) is 10.1 Å². The molecular formula is C18H13N5O6S2. The number of aryl methyl sites for hydroxylation is 1. The second kappa shape index (κ2) is 7.54. The Bertz CT molecular complexity index is 1430. The van der Waals surface area contributed by atoms with Crippen molar-refractivity contribution >= 4 is 43.0 Å². The molecule has 158 valence electrons. The molecule has 31 heavy (non-hydrogen) atoms. The largest absolute Gasteiger partial charge is 0.491 e. The Kier molecular flexibility index (Phi) is 5.00. The van der Waals surface area contributed by atoms with Crippen molar-refractivity contribution in [3.05, 3.63) is 42.0 Å². The first kappa shape index (κ1) is 20.6. The van der Waals surface area contributed by atoms with E-state index in [2.05, 4.69) is 25.2 Å². The quantitative estimate of drug-likeness (QED) is 0.260. The van der Waals surface area contributed by atoms with Gasteiger partial charge >= 0.3 is 6.01 Å². The van der Waals surface area contributed by atoms with E-state index in [9.17, 15) is 23.2 Å². The fourth-order valence-electron chi connectivity index (χ4n) is 2.80. The summed E-state index contributed by atoms with van der Waals surface area (Å²) in [5.74, 6) is -1.46. The van der Waals surface area contributed by atoms with Crippen LogP contribution in [0.2, 0.25) is 0 Å². The molecule has 2 heterocycles. The van der Waals surface area contributed by atoms with Gasteiger partial charge in [-0.2, -0.15) is 23.5 Å². The lowest BCUT2D eigenvalue weighted by Crippen LogP contribution is -2.00. The molecule has 0 amide bonds. The van der Waals surface area contributed by atoms with Gasteiger partial charge in [-0.1, -0.05) is 6.07 Å². The van der Waals surface area contributed by atoms with Gasteiger partial charge in [0.05, 0.1) is 15.9 Å². The molecule has 0 aliphatic carbocycles. The summed E-state index contributed by atoms with van der Waals surface area (Å²) < 4.78 is 33.5. The highest BCUT2D eigenvalue weighted by atomic mass is 32.2. The zero-order valence-corrected chi connectivity index (χ0v) is 17.3. The smallest absolute Gasteiger partial charge is 0.320 e. The van der Waals surface area contributed by atoms with Gasteiger partial charge in [-0.25, -0.2) is 4.98 Å². The van der Waals surface area contributed by atoms with E-state index in [1.165, 1.54) is 0 Å². The van der Waals surface area contributed by atoms with Gasteiger partial charge in [0.2, 0.25) is 17.4 Å². The van der Waals surface area contributed by atoms with Gasteiger partial charge in [0, 0.05) is 5.56 Å². The minimum atomic E-state index is -4.40. The molecule has 4 N–H and O–H groups in total. The van der Waals surface area contributed by atoms with E-state index in [1.807, 2.05) is 0 Å². The van der Waals surface area contributed by atoms with E-state index in [0.29, 0.717) is 32.0 Å². The van der Waals surface area contributed by atoms with Crippen LogP contribution in [-0.4, -0.2) is 43.2 Å². The molecule has 0 saturated carbocycles. The molecule has 0 aliphatic heterocycles. The van der Waals surface area contributed by atoms with Crippen LogP contribution >= 0.6 is 11.3 Å². The van der Waals surface area contributed by atoms with Gasteiger partial charge < -0.3 is 15.3 Å². The van der Waals surface area contributed by atoms with Gasteiger partial charge in [0.15, 0.2) is 0 Å². The predicted octanol–water partition coefficient (Wildman–Crippen LogP) is 3.84. The van der Waals surface area contributed by atoms with Crippen molar-refractivity contribution in [2.24, 2.45) is 10.2 Å². The third-order valence-corrected chi connectivity index (χ3v) is 6.49. The second-order valence-electron chi connectivity index (χ2n) is 6.32. The van der Waals surface area contributed by atoms with E-state index >= 15 is 0 Å². The number of thiazole rings is 1. The molecule has 11 nitrogen and oxygen atoms in total. The summed E-state index contributed by atoms with van der Waals surface area (Å²) in [6.45, 7) is 1.59. The number of rotatable bonds is 4.